The topological polar surface area (TPSA) is 99.1 Å². The summed E-state index contributed by atoms with van der Waals surface area (Å²) in [5.74, 6) is -0.214. The van der Waals surface area contributed by atoms with E-state index in [0.717, 1.165) is 27.1 Å². The summed E-state index contributed by atoms with van der Waals surface area (Å²) in [6.45, 7) is 0.462. The van der Waals surface area contributed by atoms with Crippen molar-refractivity contribution in [3.63, 3.8) is 0 Å². The van der Waals surface area contributed by atoms with Crippen molar-refractivity contribution in [1.29, 1.82) is 0 Å². The molecule has 0 spiro atoms. The van der Waals surface area contributed by atoms with Gasteiger partial charge in [-0.1, -0.05) is 23.7 Å². The van der Waals surface area contributed by atoms with Gasteiger partial charge in [-0.15, -0.1) is 22.7 Å². The van der Waals surface area contributed by atoms with Gasteiger partial charge in [0.05, 0.1) is 47.1 Å². The fourth-order valence-electron chi connectivity index (χ4n) is 3.40. The number of thiazole rings is 2. The highest BCUT2D eigenvalue weighted by atomic mass is 35.5. The molecule has 5 aromatic rings. The van der Waals surface area contributed by atoms with Crippen LogP contribution in [0.4, 0.5) is 5.69 Å². The number of carbonyl (C=O) groups excluding carboxylic acids is 1. The molecule has 1 N–H and O–H groups in total. The van der Waals surface area contributed by atoms with Gasteiger partial charge in [0, 0.05) is 29.2 Å². The molecule has 0 atom stereocenters. The number of nitrogens with one attached hydrogen (secondary N) is 1. The van der Waals surface area contributed by atoms with Crippen LogP contribution in [-0.2, 0) is 17.9 Å². The van der Waals surface area contributed by atoms with Gasteiger partial charge < -0.3 is 14.8 Å². The number of hydrogen-bond acceptors (Lipinski definition) is 10. The fraction of sp³-hybridized carbons (Fsp3) is 0.115. The number of rotatable bonds is 9. The summed E-state index contributed by atoms with van der Waals surface area (Å²) < 4.78 is 10.9. The van der Waals surface area contributed by atoms with E-state index in [0.29, 0.717) is 28.7 Å². The molecule has 37 heavy (non-hydrogen) atoms. The Morgan fingerprint density at radius 3 is 2.22 bits per heavy atom. The van der Waals surface area contributed by atoms with E-state index in [9.17, 15) is 4.79 Å². The zero-order chi connectivity index (χ0) is 25.6. The molecular weight excluding hydrogens is 530 g/mol. The molecule has 5 rings (SSSR count). The molecule has 0 aliphatic heterocycles. The Labute approximate surface area is 226 Å². The molecule has 0 bridgehead atoms. The molecule has 4 heterocycles. The number of ether oxygens (including phenoxy) is 2. The lowest BCUT2D eigenvalue weighted by Crippen LogP contribution is -2.09. The molecule has 0 saturated heterocycles. The average Bonchev–Trinajstić information content (AvgIpc) is 3.62. The van der Waals surface area contributed by atoms with Crippen LogP contribution in [0.2, 0.25) is 5.02 Å². The average molecular weight is 550 g/mol. The maximum absolute atomic E-state index is 12.8. The number of esters is 1. The Bertz CT molecular complexity index is 1510. The first-order valence-electron chi connectivity index (χ1n) is 11.1. The lowest BCUT2D eigenvalue weighted by molar-refractivity contribution is 0.0465. The van der Waals surface area contributed by atoms with Crippen molar-refractivity contribution >= 4 is 45.9 Å². The third-order valence-electron chi connectivity index (χ3n) is 5.19. The minimum Gasteiger partial charge on any atom is -0.496 e. The Kier molecular flexibility index (Phi) is 7.69. The van der Waals surface area contributed by atoms with Gasteiger partial charge in [-0.3, -0.25) is 9.97 Å². The second-order valence-corrected chi connectivity index (χ2v) is 9.80. The minimum absolute atomic E-state index is 0.0192. The first-order valence-corrected chi connectivity index (χ1v) is 13.2. The van der Waals surface area contributed by atoms with Crippen molar-refractivity contribution in [2.24, 2.45) is 0 Å². The van der Waals surface area contributed by atoms with Crippen LogP contribution >= 0.6 is 34.3 Å². The smallest absolute Gasteiger partial charge is 0.342 e. The van der Waals surface area contributed by atoms with E-state index >= 15 is 0 Å². The number of anilines is 1. The van der Waals surface area contributed by atoms with Gasteiger partial charge in [-0.05, 0) is 30.3 Å². The molecule has 0 fully saturated rings. The van der Waals surface area contributed by atoms with Crippen molar-refractivity contribution < 1.29 is 14.3 Å². The second kappa shape index (κ2) is 11.5. The summed E-state index contributed by atoms with van der Waals surface area (Å²) in [7, 11) is 1.49. The van der Waals surface area contributed by atoms with Crippen molar-refractivity contribution in [3.8, 4) is 27.2 Å². The van der Waals surface area contributed by atoms with Crippen molar-refractivity contribution in [2.45, 2.75) is 13.2 Å². The Morgan fingerprint density at radius 2 is 1.59 bits per heavy atom. The van der Waals surface area contributed by atoms with Crippen LogP contribution in [0, 0.1) is 0 Å². The fourth-order valence-corrected chi connectivity index (χ4v) is 5.20. The van der Waals surface area contributed by atoms with Crippen LogP contribution in [0.25, 0.3) is 21.4 Å². The molecule has 0 aliphatic rings. The highest BCUT2D eigenvalue weighted by Gasteiger charge is 2.18. The van der Waals surface area contributed by atoms with Crippen LogP contribution in [0.15, 0.2) is 71.7 Å². The van der Waals surface area contributed by atoms with E-state index in [1.807, 2.05) is 47.2 Å². The molecule has 186 valence electrons. The highest BCUT2D eigenvalue weighted by Crippen LogP contribution is 2.32. The van der Waals surface area contributed by atoms with Gasteiger partial charge in [0.25, 0.3) is 0 Å². The summed E-state index contributed by atoms with van der Waals surface area (Å²) >= 11 is 9.45. The van der Waals surface area contributed by atoms with E-state index < -0.39 is 5.97 Å². The quantitative estimate of drug-likeness (QED) is 0.212. The number of nitrogens with zero attached hydrogens (tertiary/aromatic N) is 4. The number of benzene rings is 1. The predicted molar refractivity (Wildman–Crippen MR) is 145 cm³/mol. The molecule has 1 aromatic carbocycles. The van der Waals surface area contributed by atoms with Crippen LogP contribution < -0.4 is 10.1 Å². The standard InChI is InChI=1S/C26H20ClN5O3S2/c1-34-23-11-22(30-12-16-14-36-24(31-16)20-6-2-4-8-28-20)19(27)10-18(23)26(33)35-13-17-15-37-25(32-17)21-7-3-5-9-29-21/h2-11,14-15,30H,12-13H2,1H3. The SMILES string of the molecule is COc1cc(NCc2csc(-c3ccccn3)n2)c(Cl)cc1C(=O)OCc1csc(-c2ccccn2)n1. The molecule has 4 aromatic heterocycles. The lowest BCUT2D eigenvalue weighted by atomic mass is 10.1. The number of carbonyl (C=O) groups is 1. The summed E-state index contributed by atoms with van der Waals surface area (Å²) in [6.07, 6.45) is 3.45. The zero-order valence-corrected chi connectivity index (χ0v) is 21.9. The van der Waals surface area contributed by atoms with Gasteiger partial charge in [-0.25, -0.2) is 14.8 Å². The molecule has 0 radical (unpaired) electrons. The van der Waals surface area contributed by atoms with E-state index in [1.54, 1.807) is 18.5 Å². The highest BCUT2D eigenvalue weighted by molar-refractivity contribution is 7.13. The number of pyridine rings is 2. The number of methoxy groups -OCH3 is 1. The Hall–Kier alpha value is -3.86. The monoisotopic (exact) mass is 549 g/mol. The normalized spacial score (nSPS) is 10.8. The van der Waals surface area contributed by atoms with Gasteiger partial charge in [-0.2, -0.15) is 0 Å². The van der Waals surface area contributed by atoms with Crippen LogP contribution in [0.5, 0.6) is 5.75 Å². The van der Waals surface area contributed by atoms with Gasteiger partial charge >= 0.3 is 5.97 Å². The predicted octanol–water partition coefficient (Wildman–Crippen LogP) is 6.35. The van der Waals surface area contributed by atoms with E-state index in [-0.39, 0.29) is 12.2 Å². The van der Waals surface area contributed by atoms with Gasteiger partial charge in [0.15, 0.2) is 0 Å². The summed E-state index contributed by atoms with van der Waals surface area (Å²) in [4.78, 5) is 30.6. The first-order chi connectivity index (χ1) is 18.1. The van der Waals surface area contributed by atoms with Gasteiger partial charge in [0.2, 0.25) is 0 Å². The Balaban J connectivity index is 1.23. The van der Waals surface area contributed by atoms with Crippen LogP contribution in [0.1, 0.15) is 21.7 Å². The van der Waals surface area contributed by atoms with Crippen LogP contribution in [0.3, 0.4) is 0 Å². The Morgan fingerprint density at radius 1 is 0.946 bits per heavy atom. The molecular formula is C26H20ClN5O3S2. The first kappa shape index (κ1) is 24.8. The van der Waals surface area contributed by atoms with Gasteiger partial charge in [0.1, 0.15) is 27.9 Å². The van der Waals surface area contributed by atoms with Crippen LogP contribution in [-0.4, -0.2) is 33.0 Å². The molecule has 0 amide bonds. The molecule has 0 unspecified atom stereocenters. The molecule has 0 saturated carbocycles. The van der Waals surface area contributed by atoms with E-state index in [2.05, 4.69) is 25.3 Å². The summed E-state index contributed by atoms with van der Waals surface area (Å²) in [5.41, 5.74) is 3.92. The van der Waals surface area contributed by atoms with E-state index in [1.165, 1.54) is 35.8 Å². The molecule has 0 aliphatic carbocycles. The largest absolute Gasteiger partial charge is 0.496 e. The summed E-state index contributed by atoms with van der Waals surface area (Å²) in [6, 6.07) is 14.5. The maximum Gasteiger partial charge on any atom is 0.342 e. The summed E-state index contributed by atoms with van der Waals surface area (Å²) in [5, 5.41) is 9.02. The number of aromatic nitrogens is 4. The van der Waals surface area contributed by atoms with Crippen molar-refractivity contribution in [3.05, 3.63) is 93.7 Å². The second-order valence-electron chi connectivity index (χ2n) is 7.68. The number of halogens is 1. The maximum atomic E-state index is 12.8. The van der Waals surface area contributed by atoms with Crippen molar-refractivity contribution in [1.82, 2.24) is 19.9 Å². The lowest BCUT2D eigenvalue weighted by Gasteiger charge is -2.13. The van der Waals surface area contributed by atoms with Crippen molar-refractivity contribution in [2.75, 3.05) is 12.4 Å². The third kappa shape index (κ3) is 5.93. The molecule has 11 heteroatoms. The van der Waals surface area contributed by atoms with E-state index in [4.69, 9.17) is 21.1 Å². The molecule has 8 nitrogen and oxygen atoms in total. The number of hydrogen-bond donors (Lipinski definition) is 1. The third-order valence-corrected chi connectivity index (χ3v) is 7.33. The zero-order valence-electron chi connectivity index (χ0n) is 19.6. The minimum atomic E-state index is -0.558.